The van der Waals surface area contributed by atoms with E-state index >= 15 is 0 Å². The first-order valence-corrected chi connectivity index (χ1v) is 8.05. The Morgan fingerprint density at radius 3 is 2.73 bits per heavy atom. The molecule has 4 aromatic rings. The van der Waals surface area contributed by atoms with Crippen LogP contribution in [-0.2, 0) is 4.79 Å². The molecule has 0 spiro atoms. The summed E-state index contributed by atoms with van der Waals surface area (Å²) in [5, 5.41) is 2.80. The zero-order valence-electron chi connectivity index (χ0n) is 14.0. The first-order valence-electron chi connectivity index (χ1n) is 8.05. The van der Waals surface area contributed by atoms with Crippen molar-refractivity contribution in [1.82, 2.24) is 9.97 Å². The van der Waals surface area contributed by atoms with Crippen LogP contribution in [0, 0.1) is 6.92 Å². The molecule has 0 bridgehead atoms. The van der Waals surface area contributed by atoms with E-state index in [-0.39, 0.29) is 5.91 Å². The van der Waals surface area contributed by atoms with Crippen LogP contribution in [-0.4, -0.2) is 15.9 Å². The van der Waals surface area contributed by atoms with E-state index in [2.05, 4.69) is 15.3 Å². The van der Waals surface area contributed by atoms with Crippen molar-refractivity contribution in [3.63, 3.8) is 0 Å². The van der Waals surface area contributed by atoms with Gasteiger partial charge in [-0.1, -0.05) is 18.2 Å². The number of furan rings is 1. The van der Waals surface area contributed by atoms with Crippen molar-refractivity contribution >= 4 is 28.9 Å². The van der Waals surface area contributed by atoms with Gasteiger partial charge in [-0.25, -0.2) is 9.97 Å². The fourth-order valence-corrected chi connectivity index (χ4v) is 2.50. The Bertz CT molecular complexity index is 1080. The summed E-state index contributed by atoms with van der Waals surface area (Å²) in [7, 11) is 0. The van der Waals surface area contributed by atoms with E-state index in [4.69, 9.17) is 8.83 Å². The lowest BCUT2D eigenvalue weighted by molar-refractivity contribution is -0.111. The molecule has 3 aromatic heterocycles. The molecule has 0 aliphatic heterocycles. The van der Waals surface area contributed by atoms with Crippen molar-refractivity contribution in [2.24, 2.45) is 0 Å². The molecule has 6 nitrogen and oxygen atoms in total. The Morgan fingerprint density at radius 1 is 1.12 bits per heavy atom. The van der Waals surface area contributed by atoms with Crippen molar-refractivity contribution < 1.29 is 13.6 Å². The molecule has 0 atom stereocenters. The minimum Gasteiger partial charge on any atom is -0.465 e. The molecule has 128 valence electrons. The lowest BCUT2D eigenvalue weighted by Crippen LogP contribution is -2.09. The molecule has 3 heterocycles. The van der Waals surface area contributed by atoms with Crippen molar-refractivity contribution in [2.45, 2.75) is 6.92 Å². The summed E-state index contributed by atoms with van der Waals surface area (Å²) in [6.07, 6.45) is 4.55. The smallest absolute Gasteiger partial charge is 0.248 e. The number of fused-ring (bicyclic) bond motifs is 1. The van der Waals surface area contributed by atoms with Gasteiger partial charge in [-0.15, -0.1) is 0 Å². The summed E-state index contributed by atoms with van der Waals surface area (Å²) in [6.45, 7) is 1.80. The van der Waals surface area contributed by atoms with Crippen molar-refractivity contribution in [3.8, 4) is 11.5 Å². The van der Waals surface area contributed by atoms with Crippen LogP contribution in [0.1, 0.15) is 11.5 Å². The Morgan fingerprint density at radius 2 is 1.96 bits per heavy atom. The van der Waals surface area contributed by atoms with E-state index in [1.165, 1.54) is 6.08 Å². The number of pyridine rings is 1. The molecule has 0 saturated carbocycles. The van der Waals surface area contributed by atoms with Gasteiger partial charge in [0.2, 0.25) is 17.5 Å². The van der Waals surface area contributed by atoms with Gasteiger partial charge in [-0.3, -0.25) is 4.79 Å². The van der Waals surface area contributed by atoms with E-state index in [1.807, 2.05) is 30.3 Å². The largest absolute Gasteiger partial charge is 0.465 e. The zero-order valence-corrected chi connectivity index (χ0v) is 14.0. The Balaban J connectivity index is 1.59. The second-order valence-corrected chi connectivity index (χ2v) is 5.67. The highest BCUT2D eigenvalue weighted by Gasteiger charge is 2.12. The quantitative estimate of drug-likeness (QED) is 0.553. The van der Waals surface area contributed by atoms with Crippen LogP contribution < -0.4 is 5.32 Å². The number of amides is 1. The fraction of sp³-hybridized carbons (Fsp3) is 0.0500. The molecule has 26 heavy (non-hydrogen) atoms. The second kappa shape index (κ2) is 6.68. The normalized spacial score (nSPS) is 11.3. The maximum Gasteiger partial charge on any atom is 0.248 e. The predicted molar refractivity (Wildman–Crippen MR) is 98.3 cm³/mol. The van der Waals surface area contributed by atoms with E-state index in [1.54, 1.807) is 37.5 Å². The van der Waals surface area contributed by atoms with Crippen LogP contribution >= 0.6 is 0 Å². The average molecular weight is 345 g/mol. The Hall–Kier alpha value is -3.67. The molecule has 0 fully saturated rings. The maximum atomic E-state index is 12.1. The SMILES string of the molecule is Cc1nc2oc(-c3ccccc3)nc2cc1NC(=O)C=Cc1ccco1. The number of anilines is 1. The van der Waals surface area contributed by atoms with Crippen molar-refractivity contribution in [1.29, 1.82) is 0 Å². The minimum absolute atomic E-state index is 0.280. The number of aryl methyl sites for hydroxylation is 1. The standard InChI is InChI=1S/C20H15N3O3/c1-13-16(22-18(24)10-9-15-8-5-11-25-15)12-17-20(21-13)26-19(23-17)14-6-3-2-4-7-14/h2-12H,1H3,(H,22,24). The van der Waals surface area contributed by atoms with E-state index in [9.17, 15) is 4.79 Å². The predicted octanol–water partition coefficient (Wildman–Crippen LogP) is 4.44. The summed E-state index contributed by atoms with van der Waals surface area (Å²) in [4.78, 5) is 21.0. The molecule has 0 unspecified atom stereocenters. The minimum atomic E-state index is -0.280. The number of nitrogens with zero attached hydrogens (tertiary/aromatic N) is 2. The Kier molecular flexibility index (Phi) is 4.07. The third kappa shape index (κ3) is 3.25. The lowest BCUT2D eigenvalue weighted by Gasteiger charge is -2.04. The molecule has 4 rings (SSSR count). The number of rotatable bonds is 4. The van der Waals surface area contributed by atoms with Gasteiger partial charge in [0.25, 0.3) is 0 Å². The van der Waals surface area contributed by atoms with Crippen LogP contribution in [0.3, 0.4) is 0 Å². The molecular formula is C20H15N3O3. The molecule has 1 N–H and O–H groups in total. The first-order chi connectivity index (χ1) is 12.7. The van der Waals surface area contributed by atoms with Crippen molar-refractivity contribution in [2.75, 3.05) is 5.32 Å². The van der Waals surface area contributed by atoms with Gasteiger partial charge in [-0.2, -0.15) is 0 Å². The van der Waals surface area contributed by atoms with Gasteiger partial charge in [-0.05, 0) is 43.3 Å². The van der Waals surface area contributed by atoms with E-state index < -0.39 is 0 Å². The van der Waals surface area contributed by atoms with Crippen LogP contribution in [0.25, 0.3) is 28.8 Å². The second-order valence-electron chi connectivity index (χ2n) is 5.67. The maximum absolute atomic E-state index is 12.1. The van der Waals surface area contributed by atoms with E-state index in [0.717, 1.165) is 5.56 Å². The number of hydrogen-bond acceptors (Lipinski definition) is 5. The van der Waals surface area contributed by atoms with Crippen LogP contribution in [0.5, 0.6) is 0 Å². The monoisotopic (exact) mass is 345 g/mol. The van der Waals surface area contributed by atoms with Crippen LogP contribution in [0.15, 0.2) is 69.7 Å². The average Bonchev–Trinajstić information content (AvgIpc) is 3.30. The molecule has 0 radical (unpaired) electrons. The molecule has 0 aliphatic carbocycles. The van der Waals surface area contributed by atoms with Crippen LogP contribution in [0.2, 0.25) is 0 Å². The van der Waals surface area contributed by atoms with Gasteiger partial charge in [0.1, 0.15) is 11.3 Å². The van der Waals surface area contributed by atoms with Gasteiger partial charge < -0.3 is 14.2 Å². The molecular weight excluding hydrogens is 330 g/mol. The molecule has 0 saturated heterocycles. The highest BCUT2D eigenvalue weighted by Crippen LogP contribution is 2.26. The highest BCUT2D eigenvalue weighted by molar-refractivity contribution is 6.02. The zero-order chi connectivity index (χ0) is 17.9. The third-order valence-corrected chi connectivity index (χ3v) is 3.80. The summed E-state index contributed by atoms with van der Waals surface area (Å²) < 4.78 is 10.9. The number of benzene rings is 1. The van der Waals surface area contributed by atoms with Crippen LogP contribution in [0.4, 0.5) is 5.69 Å². The number of nitrogens with one attached hydrogen (secondary N) is 1. The molecule has 6 heteroatoms. The Labute approximate surface area is 149 Å². The van der Waals surface area contributed by atoms with Gasteiger partial charge in [0.15, 0.2) is 0 Å². The number of carbonyl (C=O) groups excluding carboxylic acids is 1. The van der Waals surface area contributed by atoms with Gasteiger partial charge in [0, 0.05) is 11.6 Å². The molecule has 1 aromatic carbocycles. The summed E-state index contributed by atoms with van der Waals surface area (Å²) in [5.74, 6) is 0.820. The topological polar surface area (TPSA) is 81.2 Å². The number of carbonyl (C=O) groups is 1. The van der Waals surface area contributed by atoms with Gasteiger partial charge in [0.05, 0.1) is 17.6 Å². The number of oxazole rings is 1. The van der Waals surface area contributed by atoms with Gasteiger partial charge >= 0.3 is 0 Å². The molecule has 1 amide bonds. The fourth-order valence-electron chi connectivity index (χ4n) is 2.50. The van der Waals surface area contributed by atoms with E-state index in [0.29, 0.717) is 34.3 Å². The number of hydrogen-bond donors (Lipinski definition) is 1. The summed E-state index contributed by atoms with van der Waals surface area (Å²) in [6, 6.07) is 14.9. The summed E-state index contributed by atoms with van der Waals surface area (Å²) in [5.41, 5.74) is 3.12. The number of aromatic nitrogens is 2. The summed E-state index contributed by atoms with van der Waals surface area (Å²) >= 11 is 0. The molecule has 0 aliphatic rings. The third-order valence-electron chi connectivity index (χ3n) is 3.80. The van der Waals surface area contributed by atoms with Crippen molar-refractivity contribution in [3.05, 3.63) is 72.3 Å². The lowest BCUT2D eigenvalue weighted by atomic mass is 10.2. The first kappa shape index (κ1) is 15.8. The highest BCUT2D eigenvalue weighted by atomic mass is 16.4.